The maximum Gasteiger partial charge on any atom is 0.0932 e. The van der Waals surface area contributed by atoms with Gasteiger partial charge in [0.1, 0.15) is 0 Å². The van der Waals surface area contributed by atoms with E-state index in [2.05, 4.69) is 41.1 Å². The van der Waals surface area contributed by atoms with Crippen molar-refractivity contribution in [3.8, 4) is 0 Å². The number of methoxy groups -OCH3 is 1. The maximum absolute atomic E-state index is 5.54. The Morgan fingerprint density at radius 3 is 2.54 bits per heavy atom. The van der Waals surface area contributed by atoms with Crippen molar-refractivity contribution in [2.45, 2.75) is 25.4 Å². The van der Waals surface area contributed by atoms with Crippen molar-refractivity contribution >= 4 is 15.9 Å². The van der Waals surface area contributed by atoms with Crippen molar-refractivity contribution in [2.24, 2.45) is 0 Å². The van der Waals surface area contributed by atoms with Crippen LogP contribution >= 0.6 is 15.9 Å². The minimum atomic E-state index is 0.0464. The van der Waals surface area contributed by atoms with Gasteiger partial charge in [0.2, 0.25) is 0 Å². The molecule has 0 bridgehead atoms. The standard InChI is InChI=1S/C11H13BrO/c1-8-7-9(12)3-4-10(8)11(13-2)5-6-11/h3-4,7H,5-6H2,1-2H3. The van der Waals surface area contributed by atoms with Crippen LogP contribution in [0.25, 0.3) is 0 Å². The molecule has 2 rings (SSSR count). The van der Waals surface area contributed by atoms with E-state index in [4.69, 9.17) is 4.74 Å². The fourth-order valence-electron chi connectivity index (χ4n) is 1.84. The molecule has 0 atom stereocenters. The van der Waals surface area contributed by atoms with Gasteiger partial charge < -0.3 is 4.74 Å². The van der Waals surface area contributed by atoms with Crippen LogP contribution in [0.3, 0.4) is 0 Å². The van der Waals surface area contributed by atoms with E-state index >= 15 is 0 Å². The number of hydrogen-bond acceptors (Lipinski definition) is 1. The van der Waals surface area contributed by atoms with Crippen LogP contribution in [0.15, 0.2) is 22.7 Å². The molecule has 1 saturated carbocycles. The van der Waals surface area contributed by atoms with Crippen molar-refractivity contribution in [1.82, 2.24) is 0 Å². The molecule has 1 aromatic carbocycles. The van der Waals surface area contributed by atoms with Gasteiger partial charge in [-0.1, -0.05) is 22.0 Å². The summed E-state index contributed by atoms with van der Waals surface area (Å²) in [7, 11) is 1.80. The molecular formula is C11H13BrO. The molecule has 0 N–H and O–H groups in total. The van der Waals surface area contributed by atoms with Gasteiger partial charge in [0.05, 0.1) is 5.60 Å². The highest BCUT2D eigenvalue weighted by Gasteiger charge is 2.45. The monoisotopic (exact) mass is 240 g/mol. The van der Waals surface area contributed by atoms with Gasteiger partial charge in [-0.05, 0) is 43.0 Å². The van der Waals surface area contributed by atoms with Crippen LogP contribution in [-0.2, 0) is 10.3 Å². The first kappa shape index (κ1) is 9.22. The van der Waals surface area contributed by atoms with Gasteiger partial charge in [-0.2, -0.15) is 0 Å². The highest BCUT2D eigenvalue weighted by atomic mass is 79.9. The van der Waals surface area contributed by atoms with Gasteiger partial charge in [0.25, 0.3) is 0 Å². The van der Waals surface area contributed by atoms with Crippen LogP contribution < -0.4 is 0 Å². The van der Waals surface area contributed by atoms with Gasteiger partial charge in [-0.15, -0.1) is 0 Å². The Bertz CT molecular complexity index is 329. The first-order valence-electron chi connectivity index (χ1n) is 4.50. The molecule has 0 aromatic heterocycles. The first-order valence-corrected chi connectivity index (χ1v) is 5.29. The number of hydrogen-bond donors (Lipinski definition) is 0. The molecule has 0 amide bonds. The molecule has 0 radical (unpaired) electrons. The Hall–Kier alpha value is -0.340. The van der Waals surface area contributed by atoms with Gasteiger partial charge in [0.15, 0.2) is 0 Å². The number of rotatable bonds is 2. The third-order valence-electron chi connectivity index (χ3n) is 2.77. The predicted molar refractivity (Wildman–Crippen MR) is 56.8 cm³/mol. The average molecular weight is 241 g/mol. The Morgan fingerprint density at radius 2 is 2.08 bits per heavy atom. The second-order valence-corrected chi connectivity index (χ2v) is 4.57. The second kappa shape index (κ2) is 3.10. The van der Waals surface area contributed by atoms with E-state index in [1.165, 1.54) is 11.1 Å². The predicted octanol–water partition coefficient (Wildman–Crippen LogP) is 3.39. The van der Waals surface area contributed by atoms with Crippen molar-refractivity contribution in [3.63, 3.8) is 0 Å². The number of halogens is 1. The van der Waals surface area contributed by atoms with Crippen LogP contribution in [-0.4, -0.2) is 7.11 Å². The smallest absolute Gasteiger partial charge is 0.0932 e. The quantitative estimate of drug-likeness (QED) is 0.771. The van der Waals surface area contributed by atoms with Crippen LogP contribution in [0.5, 0.6) is 0 Å². The van der Waals surface area contributed by atoms with E-state index in [0.717, 1.165) is 17.3 Å². The number of benzene rings is 1. The van der Waals surface area contributed by atoms with Crippen LogP contribution in [0.4, 0.5) is 0 Å². The van der Waals surface area contributed by atoms with Crippen molar-refractivity contribution in [3.05, 3.63) is 33.8 Å². The molecule has 1 aliphatic rings. The zero-order valence-corrected chi connectivity index (χ0v) is 9.52. The summed E-state index contributed by atoms with van der Waals surface area (Å²) < 4.78 is 6.68. The third-order valence-corrected chi connectivity index (χ3v) is 3.27. The summed E-state index contributed by atoms with van der Waals surface area (Å²) >= 11 is 3.46. The van der Waals surface area contributed by atoms with Crippen molar-refractivity contribution < 1.29 is 4.74 Å². The number of aryl methyl sites for hydroxylation is 1. The van der Waals surface area contributed by atoms with E-state index in [9.17, 15) is 0 Å². The highest BCUT2D eigenvalue weighted by Crippen LogP contribution is 2.49. The molecule has 2 heteroatoms. The molecule has 0 unspecified atom stereocenters. The Balaban J connectivity index is 2.41. The summed E-state index contributed by atoms with van der Waals surface area (Å²) in [6.07, 6.45) is 2.32. The second-order valence-electron chi connectivity index (χ2n) is 3.66. The van der Waals surface area contributed by atoms with Gasteiger partial charge in [-0.3, -0.25) is 0 Å². The summed E-state index contributed by atoms with van der Waals surface area (Å²) in [6.45, 7) is 2.14. The van der Waals surface area contributed by atoms with E-state index in [1.807, 2.05) is 0 Å². The molecule has 13 heavy (non-hydrogen) atoms. The Kier molecular flexibility index (Phi) is 2.20. The molecule has 0 spiro atoms. The average Bonchev–Trinajstić information content (AvgIpc) is 2.85. The van der Waals surface area contributed by atoms with Gasteiger partial charge in [-0.25, -0.2) is 0 Å². The normalized spacial score (nSPS) is 18.7. The van der Waals surface area contributed by atoms with Crippen LogP contribution in [0, 0.1) is 6.92 Å². The van der Waals surface area contributed by atoms with Crippen LogP contribution in [0.2, 0.25) is 0 Å². The first-order chi connectivity index (χ1) is 6.18. The SMILES string of the molecule is COC1(c2ccc(Br)cc2C)CC1. The number of ether oxygens (including phenoxy) is 1. The fourth-order valence-corrected chi connectivity index (χ4v) is 2.31. The molecule has 0 saturated heterocycles. The summed E-state index contributed by atoms with van der Waals surface area (Å²) in [5.41, 5.74) is 2.71. The zero-order chi connectivity index (χ0) is 9.47. The van der Waals surface area contributed by atoms with E-state index in [0.29, 0.717) is 0 Å². The summed E-state index contributed by atoms with van der Waals surface area (Å²) in [6, 6.07) is 6.39. The largest absolute Gasteiger partial charge is 0.374 e. The molecule has 0 aliphatic heterocycles. The Labute approximate surface area is 87.2 Å². The lowest BCUT2D eigenvalue weighted by Gasteiger charge is -2.16. The van der Waals surface area contributed by atoms with Gasteiger partial charge in [0, 0.05) is 11.6 Å². The summed E-state index contributed by atoms with van der Waals surface area (Å²) in [5.74, 6) is 0. The molecule has 1 nitrogen and oxygen atoms in total. The molecule has 70 valence electrons. The molecular weight excluding hydrogens is 228 g/mol. The lowest BCUT2D eigenvalue weighted by molar-refractivity contribution is 0.0784. The zero-order valence-electron chi connectivity index (χ0n) is 7.93. The summed E-state index contributed by atoms with van der Waals surface area (Å²) in [5, 5.41) is 0. The van der Waals surface area contributed by atoms with E-state index in [-0.39, 0.29) is 5.60 Å². The molecule has 1 aromatic rings. The fraction of sp³-hybridized carbons (Fsp3) is 0.455. The topological polar surface area (TPSA) is 9.23 Å². The Morgan fingerprint density at radius 1 is 1.38 bits per heavy atom. The molecule has 0 heterocycles. The van der Waals surface area contributed by atoms with E-state index < -0.39 is 0 Å². The molecule has 1 fully saturated rings. The minimum Gasteiger partial charge on any atom is -0.374 e. The van der Waals surface area contributed by atoms with Crippen molar-refractivity contribution in [1.29, 1.82) is 0 Å². The minimum absolute atomic E-state index is 0.0464. The lowest BCUT2D eigenvalue weighted by atomic mass is 10.0. The van der Waals surface area contributed by atoms with Gasteiger partial charge >= 0.3 is 0 Å². The van der Waals surface area contributed by atoms with Crippen molar-refractivity contribution in [2.75, 3.05) is 7.11 Å². The van der Waals surface area contributed by atoms with E-state index in [1.54, 1.807) is 7.11 Å². The molecule has 1 aliphatic carbocycles. The maximum atomic E-state index is 5.54. The highest BCUT2D eigenvalue weighted by molar-refractivity contribution is 9.10. The van der Waals surface area contributed by atoms with Crippen LogP contribution in [0.1, 0.15) is 24.0 Å². The summed E-state index contributed by atoms with van der Waals surface area (Å²) in [4.78, 5) is 0. The third kappa shape index (κ3) is 1.53. The lowest BCUT2D eigenvalue weighted by Crippen LogP contribution is -2.10.